The zero-order chi connectivity index (χ0) is 26.7. The maximum Gasteiger partial charge on any atom is 0.174 e. The van der Waals surface area contributed by atoms with E-state index in [1.165, 1.54) is 29.4 Å². The molecule has 0 saturated carbocycles. The number of rotatable bonds is 10. The van der Waals surface area contributed by atoms with E-state index in [0.717, 1.165) is 0 Å². The summed E-state index contributed by atoms with van der Waals surface area (Å²) in [4.78, 5) is 23.8. The maximum absolute atomic E-state index is 16.0. The number of carbonyl (C=O) groups is 1. The van der Waals surface area contributed by atoms with E-state index in [-0.39, 0.29) is 41.8 Å². The highest BCUT2D eigenvalue weighted by atomic mass is 35.5. The number of aliphatic hydroxyl groups is 2. The molecule has 36 heavy (non-hydrogen) atoms. The van der Waals surface area contributed by atoms with Gasteiger partial charge in [-0.15, -0.1) is 0 Å². The van der Waals surface area contributed by atoms with E-state index < -0.39 is 17.1 Å². The fourth-order valence-electron chi connectivity index (χ4n) is 4.27. The Balaban J connectivity index is 2.22. The van der Waals surface area contributed by atoms with Crippen LogP contribution < -0.4 is 0 Å². The van der Waals surface area contributed by atoms with Crippen LogP contribution in [-0.2, 0) is 17.9 Å². The Labute approximate surface area is 220 Å². The molecule has 2 atom stereocenters. The molecule has 2 unspecified atom stereocenters. The topological polar surface area (TPSA) is 89.8 Å². The van der Waals surface area contributed by atoms with Crippen molar-refractivity contribution in [3.05, 3.63) is 92.7 Å². The first-order valence-corrected chi connectivity index (χ1v) is 12.0. The molecule has 0 aliphatic carbocycles. The Morgan fingerprint density at radius 3 is 2.14 bits per heavy atom. The minimum Gasteiger partial charge on any atom is -0.384 e. The van der Waals surface area contributed by atoms with Gasteiger partial charge in [0.2, 0.25) is 0 Å². The summed E-state index contributed by atoms with van der Waals surface area (Å²) in [5.74, 6) is -0.521. The lowest BCUT2D eigenvalue weighted by atomic mass is 9.83. The summed E-state index contributed by atoms with van der Waals surface area (Å²) in [6.45, 7) is 1.99. The van der Waals surface area contributed by atoms with Gasteiger partial charge in [0.25, 0.3) is 0 Å². The van der Waals surface area contributed by atoms with Crippen LogP contribution in [0, 0.1) is 5.82 Å². The molecule has 0 saturated heterocycles. The number of hydrogen-bond donors (Lipinski definition) is 2. The molecule has 192 valence electrons. The van der Waals surface area contributed by atoms with Gasteiger partial charge in [-0.25, -0.2) is 14.4 Å². The third kappa shape index (κ3) is 5.75. The summed E-state index contributed by atoms with van der Waals surface area (Å²) >= 11 is 11.9. The number of halogens is 3. The summed E-state index contributed by atoms with van der Waals surface area (Å²) in [6.07, 6.45) is 3.60. The molecule has 0 aliphatic heterocycles. The van der Waals surface area contributed by atoms with E-state index in [0.29, 0.717) is 22.2 Å². The molecule has 0 spiro atoms. The standard InChI is InChI=1S/C26H29Cl2FN4O3/c1-5-25(35,16-32(2)3)19-10-17(15-34)24(22(29)11-19)26(36,18-6-8-20(27)9-7-18)33(4)14-23-30-12-21(28)13-31-23/h6-13,15,35-36H,5,14,16H2,1-4H3. The van der Waals surface area contributed by atoms with Gasteiger partial charge >= 0.3 is 0 Å². The van der Waals surface area contributed by atoms with Gasteiger partial charge in [-0.1, -0.05) is 42.3 Å². The number of likely N-dealkylation sites (N-methyl/N-ethyl adjacent to an activating group) is 1. The van der Waals surface area contributed by atoms with E-state index in [1.54, 1.807) is 57.2 Å². The minimum atomic E-state index is -2.11. The van der Waals surface area contributed by atoms with Crippen LogP contribution in [0.4, 0.5) is 4.39 Å². The average molecular weight is 535 g/mol. The van der Waals surface area contributed by atoms with Crippen LogP contribution in [0.5, 0.6) is 0 Å². The summed E-state index contributed by atoms with van der Waals surface area (Å²) in [6, 6.07) is 8.83. The van der Waals surface area contributed by atoms with Crippen LogP contribution in [0.15, 0.2) is 48.8 Å². The lowest BCUT2D eigenvalue weighted by molar-refractivity contribution is -0.0749. The van der Waals surface area contributed by atoms with Crippen LogP contribution in [0.25, 0.3) is 0 Å². The number of nitrogens with zero attached hydrogens (tertiary/aromatic N) is 4. The highest BCUT2D eigenvalue weighted by Gasteiger charge is 2.42. The van der Waals surface area contributed by atoms with E-state index in [4.69, 9.17) is 23.2 Å². The van der Waals surface area contributed by atoms with Crippen LogP contribution in [0.1, 0.15) is 46.2 Å². The first-order chi connectivity index (χ1) is 16.9. The van der Waals surface area contributed by atoms with Crippen molar-refractivity contribution in [2.75, 3.05) is 27.7 Å². The summed E-state index contributed by atoms with van der Waals surface area (Å²) in [7, 11) is 5.14. The number of aldehydes is 1. The fourth-order valence-corrected chi connectivity index (χ4v) is 4.50. The monoisotopic (exact) mass is 534 g/mol. The van der Waals surface area contributed by atoms with E-state index >= 15 is 4.39 Å². The summed E-state index contributed by atoms with van der Waals surface area (Å²) < 4.78 is 16.0. The molecule has 1 aromatic heterocycles. The van der Waals surface area contributed by atoms with Crippen LogP contribution >= 0.6 is 23.2 Å². The molecule has 0 aliphatic rings. The van der Waals surface area contributed by atoms with Gasteiger partial charge in [-0.3, -0.25) is 9.69 Å². The zero-order valence-electron chi connectivity index (χ0n) is 20.5. The predicted octanol–water partition coefficient (Wildman–Crippen LogP) is 4.22. The number of benzene rings is 2. The molecule has 1 heterocycles. The normalized spacial score (nSPS) is 15.1. The minimum absolute atomic E-state index is 0.00465. The van der Waals surface area contributed by atoms with Gasteiger partial charge in [0.15, 0.2) is 12.0 Å². The van der Waals surface area contributed by atoms with Crippen LogP contribution in [-0.4, -0.2) is 64.0 Å². The smallest absolute Gasteiger partial charge is 0.174 e. The second-order valence-electron chi connectivity index (χ2n) is 9.02. The number of aromatic nitrogens is 2. The van der Waals surface area contributed by atoms with Crippen molar-refractivity contribution >= 4 is 29.5 Å². The number of hydrogen-bond acceptors (Lipinski definition) is 7. The van der Waals surface area contributed by atoms with Crippen molar-refractivity contribution < 1.29 is 19.4 Å². The SMILES string of the molecule is CCC(O)(CN(C)C)c1cc(F)c(C(O)(c2ccc(Cl)cc2)N(C)Cc2ncc(Cl)cn2)c(C=O)c1. The molecule has 3 aromatic rings. The quantitative estimate of drug-likeness (QED) is 0.297. The van der Waals surface area contributed by atoms with Crippen molar-refractivity contribution in [3.8, 4) is 0 Å². The van der Waals surface area contributed by atoms with Crippen LogP contribution in [0.2, 0.25) is 10.0 Å². The predicted molar refractivity (Wildman–Crippen MR) is 137 cm³/mol. The molecule has 0 fully saturated rings. The molecular formula is C26H29Cl2FN4O3. The van der Waals surface area contributed by atoms with Crippen molar-refractivity contribution in [2.45, 2.75) is 31.2 Å². The lowest BCUT2D eigenvalue weighted by Gasteiger charge is -2.39. The molecule has 0 bridgehead atoms. The van der Waals surface area contributed by atoms with Crippen molar-refractivity contribution in [1.82, 2.24) is 19.8 Å². The fraction of sp³-hybridized carbons (Fsp3) is 0.346. The summed E-state index contributed by atoms with van der Waals surface area (Å²) in [5, 5.41) is 24.2. The van der Waals surface area contributed by atoms with Gasteiger partial charge in [-0.2, -0.15) is 0 Å². The molecule has 10 heteroatoms. The third-order valence-corrected chi connectivity index (χ3v) is 6.60. The largest absolute Gasteiger partial charge is 0.384 e. The summed E-state index contributed by atoms with van der Waals surface area (Å²) in [5.41, 5.74) is -3.36. The first-order valence-electron chi connectivity index (χ1n) is 11.3. The molecule has 0 amide bonds. The molecule has 3 rings (SSSR count). The van der Waals surface area contributed by atoms with Crippen molar-refractivity contribution in [3.63, 3.8) is 0 Å². The maximum atomic E-state index is 16.0. The van der Waals surface area contributed by atoms with Crippen molar-refractivity contribution in [2.24, 2.45) is 0 Å². The second-order valence-corrected chi connectivity index (χ2v) is 9.89. The lowest BCUT2D eigenvalue weighted by Crippen LogP contribution is -2.46. The highest BCUT2D eigenvalue weighted by molar-refractivity contribution is 6.30. The van der Waals surface area contributed by atoms with Gasteiger partial charge in [0.05, 0.1) is 11.6 Å². The van der Waals surface area contributed by atoms with E-state index in [1.807, 2.05) is 0 Å². The Bertz CT molecular complexity index is 1210. The second kappa shape index (κ2) is 11.3. The number of carbonyl (C=O) groups excluding carboxylic acids is 1. The molecule has 2 aromatic carbocycles. The molecule has 2 N–H and O–H groups in total. The Morgan fingerprint density at radius 2 is 1.61 bits per heavy atom. The van der Waals surface area contributed by atoms with Gasteiger partial charge in [-0.05, 0) is 57.4 Å². The van der Waals surface area contributed by atoms with E-state index in [2.05, 4.69) is 9.97 Å². The van der Waals surface area contributed by atoms with Crippen molar-refractivity contribution in [1.29, 1.82) is 0 Å². The van der Waals surface area contributed by atoms with Gasteiger partial charge in [0.1, 0.15) is 17.2 Å². The molecule has 7 nitrogen and oxygen atoms in total. The highest BCUT2D eigenvalue weighted by Crippen LogP contribution is 2.39. The third-order valence-electron chi connectivity index (χ3n) is 6.15. The zero-order valence-corrected chi connectivity index (χ0v) is 22.1. The Hall–Kier alpha value is -2.46. The Morgan fingerprint density at radius 1 is 1.00 bits per heavy atom. The Kier molecular flexibility index (Phi) is 8.82. The van der Waals surface area contributed by atoms with E-state index in [9.17, 15) is 15.0 Å². The van der Waals surface area contributed by atoms with Gasteiger partial charge < -0.3 is 15.1 Å². The molecular weight excluding hydrogens is 506 g/mol. The van der Waals surface area contributed by atoms with Crippen LogP contribution in [0.3, 0.4) is 0 Å². The van der Waals surface area contributed by atoms with Gasteiger partial charge in [0, 0.05) is 40.7 Å². The molecule has 0 radical (unpaired) electrons. The average Bonchev–Trinajstić information content (AvgIpc) is 2.84. The first kappa shape index (κ1) is 28.1.